The lowest BCUT2D eigenvalue weighted by molar-refractivity contribution is -0.384. The molecule has 1 rings (SSSR count). The molecule has 0 saturated carbocycles. The molecule has 7 heteroatoms. The topological polar surface area (TPSA) is 92.5 Å². The van der Waals surface area contributed by atoms with Gasteiger partial charge in [0.2, 0.25) is 0 Å². The van der Waals surface area contributed by atoms with Crippen LogP contribution in [0.15, 0.2) is 24.3 Å². The lowest BCUT2D eigenvalue weighted by Gasteiger charge is -2.14. The van der Waals surface area contributed by atoms with Gasteiger partial charge in [-0.3, -0.25) is 10.1 Å². The molecule has 0 aliphatic rings. The highest BCUT2D eigenvalue weighted by molar-refractivity contribution is 7.80. The summed E-state index contributed by atoms with van der Waals surface area (Å²) in [4.78, 5) is 20.4. The molecule has 0 aromatic heterocycles. The number of nitro benzene ring substituents is 1. The molecule has 1 amide bonds. The number of rotatable bonds is 4. The highest BCUT2D eigenvalue weighted by Gasteiger charge is 2.13. The van der Waals surface area contributed by atoms with Gasteiger partial charge in [0, 0.05) is 17.9 Å². The summed E-state index contributed by atoms with van der Waals surface area (Å²) in [5.74, 6) is 0.282. The van der Waals surface area contributed by atoms with E-state index >= 15 is 0 Å². The van der Waals surface area contributed by atoms with Gasteiger partial charge >= 0.3 is 6.09 Å². The summed E-state index contributed by atoms with van der Waals surface area (Å²) in [5, 5.41) is 21.2. The van der Waals surface area contributed by atoms with Crippen molar-refractivity contribution in [3.05, 3.63) is 39.9 Å². The van der Waals surface area contributed by atoms with Crippen LogP contribution >= 0.6 is 12.6 Å². The monoisotopic (exact) mass is 242 g/mol. The van der Waals surface area contributed by atoms with E-state index < -0.39 is 17.1 Å². The van der Waals surface area contributed by atoms with E-state index in [2.05, 4.69) is 17.9 Å². The zero-order chi connectivity index (χ0) is 12.1. The maximum Gasteiger partial charge on any atom is 0.405 e. The summed E-state index contributed by atoms with van der Waals surface area (Å²) in [5.41, 5.74) is 0.611. The van der Waals surface area contributed by atoms with Crippen molar-refractivity contribution in [2.45, 2.75) is 6.04 Å². The predicted octanol–water partition coefficient (Wildman–Crippen LogP) is 1.83. The van der Waals surface area contributed by atoms with Crippen LogP contribution in [-0.2, 0) is 0 Å². The first-order chi connectivity index (χ1) is 7.54. The van der Waals surface area contributed by atoms with Crippen molar-refractivity contribution >= 4 is 24.4 Å². The predicted molar refractivity (Wildman–Crippen MR) is 60.9 cm³/mol. The first-order valence-corrected chi connectivity index (χ1v) is 5.02. The van der Waals surface area contributed by atoms with Gasteiger partial charge in [0.1, 0.15) is 0 Å². The Morgan fingerprint density at radius 2 is 2.06 bits per heavy atom. The summed E-state index contributed by atoms with van der Waals surface area (Å²) >= 11 is 4.01. The molecule has 0 fully saturated rings. The van der Waals surface area contributed by atoms with Gasteiger partial charge in [-0.15, -0.1) is 0 Å². The number of nitrogens with one attached hydrogen (secondary N) is 1. The Balaban J connectivity index is 2.86. The minimum atomic E-state index is -1.16. The van der Waals surface area contributed by atoms with Crippen LogP contribution in [0, 0.1) is 10.1 Å². The summed E-state index contributed by atoms with van der Waals surface area (Å²) in [6.07, 6.45) is -1.16. The number of hydrogen-bond acceptors (Lipinski definition) is 4. The van der Waals surface area contributed by atoms with Crippen LogP contribution in [0.3, 0.4) is 0 Å². The number of carbonyl (C=O) groups is 1. The van der Waals surface area contributed by atoms with Gasteiger partial charge in [-0.25, -0.2) is 4.79 Å². The van der Waals surface area contributed by atoms with E-state index in [4.69, 9.17) is 5.11 Å². The Morgan fingerprint density at radius 1 is 1.50 bits per heavy atom. The third kappa shape index (κ3) is 3.13. The third-order valence-electron chi connectivity index (χ3n) is 1.99. The Morgan fingerprint density at radius 3 is 2.44 bits per heavy atom. The van der Waals surface area contributed by atoms with Gasteiger partial charge < -0.3 is 10.4 Å². The fourth-order valence-corrected chi connectivity index (χ4v) is 1.51. The Labute approximate surface area is 96.8 Å². The van der Waals surface area contributed by atoms with E-state index in [0.717, 1.165) is 0 Å². The molecule has 0 heterocycles. The standard InChI is InChI=1S/C9H10N2O4S/c12-9(13)10-8(5-16)6-1-3-7(4-2-6)11(14)15/h1-4,8,10,16H,5H2,(H,12,13). The second kappa shape index (κ2) is 5.36. The summed E-state index contributed by atoms with van der Waals surface area (Å²) in [6, 6.07) is 5.20. The van der Waals surface area contributed by atoms with Crippen LogP contribution in [0.2, 0.25) is 0 Å². The third-order valence-corrected chi connectivity index (χ3v) is 2.35. The van der Waals surface area contributed by atoms with Gasteiger partial charge in [0.15, 0.2) is 0 Å². The summed E-state index contributed by atoms with van der Waals surface area (Å²) in [6.45, 7) is 0. The van der Waals surface area contributed by atoms with Crippen LogP contribution in [0.4, 0.5) is 10.5 Å². The number of carboxylic acid groups (broad SMARTS) is 1. The highest BCUT2D eigenvalue weighted by atomic mass is 32.1. The molecule has 0 aliphatic carbocycles. The van der Waals surface area contributed by atoms with Crippen molar-refractivity contribution in [1.82, 2.24) is 5.32 Å². The minimum Gasteiger partial charge on any atom is -0.465 e. The van der Waals surface area contributed by atoms with Crippen molar-refractivity contribution in [3.8, 4) is 0 Å². The van der Waals surface area contributed by atoms with Crippen LogP contribution < -0.4 is 5.32 Å². The molecule has 2 N–H and O–H groups in total. The molecule has 0 spiro atoms. The molecule has 0 radical (unpaired) electrons. The van der Waals surface area contributed by atoms with E-state index in [1.807, 2.05) is 0 Å². The van der Waals surface area contributed by atoms with Crippen molar-refractivity contribution in [2.75, 3.05) is 5.75 Å². The number of amides is 1. The first-order valence-electron chi connectivity index (χ1n) is 4.39. The maximum absolute atomic E-state index is 10.5. The largest absolute Gasteiger partial charge is 0.465 e. The van der Waals surface area contributed by atoms with E-state index in [-0.39, 0.29) is 11.4 Å². The fraction of sp³-hybridized carbons (Fsp3) is 0.222. The van der Waals surface area contributed by atoms with Crippen molar-refractivity contribution in [2.24, 2.45) is 0 Å². The van der Waals surface area contributed by atoms with Crippen LogP contribution in [0.5, 0.6) is 0 Å². The quantitative estimate of drug-likeness (QED) is 0.426. The van der Waals surface area contributed by atoms with Crippen LogP contribution in [-0.4, -0.2) is 21.9 Å². The molecule has 0 saturated heterocycles. The average Bonchev–Trinajstić information content (AvgIpc) is 2.25. The molecular weight excluding hydrogens is 232 g/mol. The van der Waals surface area contributed by atoms with Gasteiger partial charge in [-0.2, -0.15) is 12.6 Å². The minimum absolute atomic E-state index is 0.0306. The maximum atomic E-state index is 10.5. The fourth-order valence-electron chi connectivity index (χ4n) is 1.21. The molecule has 1 atom stereocenters. The number of nitrogens with zero attached hydrogens (tertiary/aromatic N) is 1. The van der Waals surface area contributed by atoms with Gasteiger partial charge in [0.25, 0.3) is 5.69 Å². The van der Waals surface area contributed by atoms with Crippen molar-refractivity contribution in [1.29, 1.82) is 0 Å². The smallest absolute Gasteiger partial charge is 0.405 e. The van der Waals surface area contributed by atoms with E-state index in [1.54, 1.807) is 0 Å². The Bertz CT molecular complexity index is 393. The van der Waals surface area contributed by atoms with Crippen LogP contribution in [0.1, 0.15) is 11.6 Å². The average molecular weight is 242 g/mol. The highest BCUT2D eigenvalue weighted by Crippen LogP contribution is 2.18. The molecule has 0 bridgehead atoms. The van der Waals surface area contributed by atoms with E-state index in [0.29, 0.717) is 5.56 Å². The normalized spacial score (nSPS) is 11.8. The molecule has 1 unspecified atom stereocenters. The Hall–Kier alpha value is -1.76. The molecule has 1 aromatic rings. The van der Waals surface area contributed by atoms with Crippen molar-refractivity contribution < 1.29 is 14.8 Å². The van der Waals surface area contributed by atoms with Gasteiger partial charge in [-0.05, 0) is 5.56 Å². The van der Waals surface area contributed by atoms with Gasteiger partial charge in [0.05, 0.1) is 11.0 Å². The van der Waals surface area contributed by atoms with Crippen molar-refractivity contribution in [3.63, 3.8) is 0 Å². The number of nitro groups is 1. The molecule has 1 aromatic carbocycles. The second-order valence-corrected chi connectivity index (χ2v) is 3.40. The number of non-ortho nitro benzene ring substituents is 1. The molecular formula is C9H10N2O4S. The zero-order valence-corrected chi connectivity index (χ0v) is 9.05. The van der Waals surface area contributed by atoms with E-state index in [9.17, 15) is 14.9 Å². The van der Waals surface area contributed by atoms with Gasteiger partial charge in [-0.1, -0.05) is 12.1 Å². The summed E-state index contributed by atoms with van der Waals surface area (Å²) in [7, 11) is 0. The first kappa shape index (κ1) is 12.3. The molecule has 0 aliphatic heterocycles. The lowest BCUT2D eigenvalue weighted by Crippen LogP contribution is -2.27. The number of hydrogen-bond donors (Lipinski definition) is 3. The number of benzene rings is 1. The molecule has 6 nitrogen and oxygen atoms in total. The molecule has 16 heavy (non-hydrogen) atoms. The summed E-state index contributed by atoms with van der Waals surface area (Å²) < 4.78 is 0. The number of thiol groups is 1. The van der Waals surface area contributed by atoms with Crippen LogP contribution in [0.25, 0.3) is 0 Å². The Kier molecular flexibility index (Phi) is 4.12. The molecule has 86 valence electrons. The lowest BCUT2D eigenvalue weighted by atomic mass is 10.1. The van der Waals surface area contributed by atoms with E-state index in [1.165, 1.54) is 24.3 Å². The zero-order valence-electron chi connectivity index (χ0n) is 8.16. The second-order valence-electron chi connectivity index (χ2n) is 3.03. The SMILES string of the molecule is O=C(O)NC(CS)c1ccc([N+](=O)[O-])cc1.